The van der Waals surface area contributed by atoms with Gasteiger partial charge in [0.2, 0.25) is 0 Å². The van der Waals surface area contributed by atoms with Crippen molar-refractivity contribution >= 4 is 22.7 Å². The van der Waals surface area contributed by atoms with Crippen LogP contribution in [0.3, 0.4) is 0 Å². The van der Waals surface area contributed by atoms with E-state index in [0.29, 0.717) is 6.61 Å². The summed E-state index contributed by atoms with van der Waals surface area (Å²) in [5, 5.41) is 6.61. The zero-order valence-corrected chi connectivity index (χ0v) is 12.4. The molecule has 0 fully saturated rings. The first kappa shape index (κ1) is 13.7. The third-order valence-electron chi connectivity index (χ3n) is 2.50. The maximum atomic E-state index is 5.23. The van der Waals surface area contributed by atoms with E-state index in [1.807, 2.05) is 0 Å². The topological polar surface area (TPSA) is 34.2 Å². The van der Waals surface area contributed by atoms with Crippen molar-refractivity contribution in [1.82, 2.24) is 10.3 Å². The van der Waals surface area contributed by atoms with Crippen LogP contribution in [0.25, 0.3) is 9.88 Å². The van der Waals surface area contributed by atoms with Crippen LogP contribution in [-0.2, 0) is 17.9 Å². The van der Waals surface area contributed by atoms with Gasteiger partial charge in [0, 0.05) is 18.5 Å². The average Bonchev–Trinajstić information content (AvgIpc) is 2.99. The molecular weight excluding hydrogens is 264 g/mol. The lowest BCUT2D eigenvalue weighted by molar-refractivity contribution is 0.181. The van der Waals surface area contributed by atoms with E-state index in [2.05, 4.69) is 34.7 Å². The van der Waals surface area contributed by atoms with Gasteiger partial charge >= 0.3 is 0 Å². The predicted molar refractivity (Wildman–Crippen MR) is 78.1 cm³/mol. The first-order chi connectivity index (χ1) is 8.85. The lowest BCUT2D eigenvalue weighted by Crippen LogP contribution is -2.14. The van der Waals surface area contributed by atoms with E-state index >= 15 is 0 Å². The molecule has 0 bridgehead atoms. The van der Waals surface area contributed by atoms with Gasteiger partial charge in [0.15, 0.2) is 0 Å². The van der Waals surface area contributed by atoms with Gasteiger partial charge < -0.3 is 10.1 Å². The fraction of sp³-hybridized carbons (Fsp3) is 0.462. The number of hydrogen-bond donors (Lipinski definition) is 1. The Morgan fingerprint density at radius 2 is 2.33 bits per heavy atom. The highest BCUT2D eigenvalue weighted by molar-refractivity contribution is 7.21. The van der Waals surface area contributed by atoms with Crippen LogP contribution < -0.4 is 5.32 Å². The van der Waals surface area contributed by atoms with Crippen molar-refractivity contribution in [2.45, 2.75) is 26.5 Å². The molecular formula is C13H18N2OS2. The first-order valence-corrected chi connectivity index (χ1v) is 7.77. The maximum Gasteiger partial charge on any atom is 0.134 e. The molecule has 2 rings (SSSR count). The van der Waals surface area contributed by atoms with Crippen molar-refractivity contribution in [2.24, 2.45) is 0 Å². The highest BCUT2D eigenvalue weighted by Crippen LogP contribution is 2.31. The summed E-state index contributed by atoms with van der Waals surface area (Å²) in [6, 6.07) is 4.18. The van der Waals surface area contributed by atoms with Gasteiger partial charge in [-0.05, 0) is 24.4 Å². The molecule has 2 aromatic heterocycles. The van der Waals surface area contributed by atoms with Crippen LogP contribution in [0.15, 0.2) is 17.5 Å². The molecule has 0 spiro atoms. The van der Waals surface area contributed by atoms with Gasteiger partial charge in [0.05, 0.1) is 17.2 Å². The zero-order valence-electron chi connectivity index (χ0n) is 10.7. The number of methoxy groups -OCH3 is 1. The Kier molecular flexibility index (Phi) is 5.31. The highest BCUT2D eigenvalue weighted by atomic mass is 32.1. The van der Waals surface area contributed by atoms with Crippen LogP contribution in [0.4, 0.5) is 0 Å². The molecule has 0 aliphatic heterocycles. The van der Waals surface area contributed by atoms with E-state index in [1.165, 1.54) is 9.75 Å². The zero-order chi connectivity index (χ0) is 12.8. The molecule has 2 aromatic rings. The molecule has 2 heterocycles. The van der Waals surface area contributed by atoms with Crippen LogP contribution in [0.5, 0.6) is 0 Å². The van der Waals surface area contributed by atoms with Crippen LogP contribution in [0.2, 0.25) is 0 Å². The fourth-order valence-corrected chi connectivity index (χ4v) is 3.49. The Balaban J connectivity index is 2.15. The van der Waals surface area contributed by atoms with Crippen LogP contribution in [0, 0.1) is 0 Å². The van der Waals surface area contributed by atoms with Crippen molar-refractivity contribution < 1.29 is 4.74 Å². The van der Waals surface area contributed by atoms with E-state index in [9.17, 15) is 0 Å². The Labute approximate surface area is 116 Å². The standard InChI is InChI=1S/C13H18N2OS2/c1-3-6-14-8-12-10(9-16-2)15-13(18-12)11-5-4-7-17-11/h4-5,7,14H,3,6,8-9H2,1-2H3. The Morgan fingerprint density at radius 1 is 1.44 bits per heavy atom. The molecule has 0 aliphatic carbocycles. The highest BCUT2D eigenvalue weighted by Gasteiger charge is 2.12. The van der Waals surface area contributed by atoms with E-state index in [0.717, 1.165) is 30.2 Å². The second kappa shape index (κ2) is 6.99. The minimum absolute atomic E-state index is 0.588. The molecule has 0 radical (unpaired) electrons. The van der Waals surface area contributed by atoms with Crippen molar-refractivity contribution in [3.63, 3.8) is 0 Å². The largest absolute Gasteiger partial charge is 0.378 e. The molecule has 3 nitrogen and oxygen atoms in total. The number of aromatic nitrogens is 1. The maximum absolute atomic E-state index is 5.23. The van der Waals surface area contributed by atoms with E-state index in [-0.39, 0.29) is 0 Å². The van der Waals surface area contributed by atoms with Gasteiger partial charge in [-0.1, -0.05) is 13.0 Å². The van der Waals surface area contributed by atoms with Gasteiger partial charge in [-0.2, -0.15) is 0 Å². The van der Waals surface area contributed by atoms with Gasteiger partial charge in [-0.15, -0.1) is 22.7 Å². The minimum Gasteiger partial charge on any atom is -0.378 e. The lowest BCUT2D eigenvalue weighted by atomic mass is 10.3. The normalized spacial score (nSPS) is 11.0. The van der Waals surface area contributed by atoms with Gasteiger partial charge in [-0.25, -0.2) is 4.98 Å². The third kappa shape index (κ3) is 3.38. The molecule has 0 saturated heterocycles. The van der Waals surface area contributed by atoms with Crippen LogP contribution >= 0.6 is 22.7 Å². The molecule has 0 amide bonds. The minimum atomic E-state index is 0.588. The molecule has 18 heavy (non-hydrogen) atoms. The van der Waals surface area contributed by atoms with E-state index < -0.39 is 0 Å². The quantitative estimate of drug-likeness (QED) is 0.789. The average molecular weight is 282 g/mol. The molecule has 0 saturated carbocycles. The summed E-state index contributed by atoms with van der Waals surface area (Å²) in [7, 11) is 1.72. The summed E-state index contributed by atoms with van der Waals surface area (Å²) in [6.07, 6.45) is 1.15. The molecule has 0 unspecified atom stereocenters. The number of ether oxygens (including phenoxy) is 1. The fourth-order valence-electron chi connectivity index (χ4n) is 1.66. The second-order valence-corrected chi connectivity index (χ2v) is 6.01. The SMILES string of the molecule is CCCNCc1sc(-c2cccs2)nc1COC. The summed E-state index contributed by atoms with van der Waals surface area (Å²) in [5.74, 6) is 0. The molecule has 1 N–H and O–H groups in total. The number of thiophene rings is 1. The summed E-state index contributed by atoms with van der Waals surface area (Å²) < 4.78 is 5.23. The monoisotopic (exact) mass is 282 g/mol. The van der Waals surface area contributed by atoms with Gasteiger partial charge in [0.1, 0.15) is 5.01 Å². The Morgan fingerprint density at radius 3 is 3.00 bits per heavy atom. The van der Waals surface area contributed by atoms with Gasteiger partial charge in [-0.3, -0.25) is 0 Å². The predicted octanol–water partition coefficient (Wildman–Crippen LogP) is 3.52. The number of hydrogen-bond acceptors (Lipinski definition) is 5. The van der Waals surface area contributed by atoms with Crippen LogP contribution in [-0.4, -0.2) is 18.6 Å². The second-order valence-electron chi connectivity index (χ2n) is 3.98. The lowest BCUT2D eigenvalue weighted by Gasteiger charge is -2.02. The summed E-state index contributed by atoms with van der Waals surface area (Å²) in [4.78, 5) is 7.21. The van der Waals surface area contributed by atoms with E-state index in [4.69, 9.17) is 4.74 Å². The molecule has 98 valence electrons. The Bertz CT molecular complexity index is 465. The summed E-state index contributed by atoms with van der Waals surface area (Å²) >= 11 is 3.50. The Hall–Kier alpha value is -0.750. The molecule has 0 aromatic carbocycles. The number of thiazole rings is 1. The smallest absolute Gasteiger partial charge is 0.134 e. The van der Waals surface area contributed by atoms with Crippen molar-refractivity contribution in [3.8, 4) is 9.88 Å². The third-order valence-corrected chi connectivity index (χ3v) is 4.64. The number of nitrogens with one attached hydrogen (secondary N) is 1. The number of rotatable bonds is 7. The summed E-state index contributed by atoms with van der Waals surface area (Å²) in [6.45, 7) is 4.69. The van der Waals surface area contributed by atoms with Crippen molar-refractivity contribution in [1.29, 1.82) is 0 Å². The molecule has 5 heteroatoms. The van der Waals surface area contributed by atoms with Crippen molar-refractivity contribution in [3.05, 3.63) is 28.1 Å². The first-order valence-electron chi connectivity index (χ1n) is 6.07. The van der Waals surface area contributed by atoms with Crippen LogP contribution in [0.1, 0.15) is 23.9 Å². The van der Waals surface area contributed by atoms with Gasteiger partial charge in [0.25, 0.3) is 0 Å². The molecule has 0 aliphatic rings. The van der Waals surface area contributed by atoms with E-state index in [1.54, 1.807) is 29.8 Å². The summed E-state index contributed by atoms with van der Waals surface area (Å²) in [5.41, 5.74) is 1.06. The van der Waals surface area contributed by atoms with Crippen molar-refractivity contribution in [2.75, 3.05) is 13.7 Å². The molecule has 0 atom stereocenters. The number of nitrogens with zero attached hydrogens (tertiary/aromatic N) is 1.